The average Bonchev–Trinajstić information content (AvgIpc) is 2.53. The van der Waals surface area contributed by atoms with Crippen LogP contribution in [0.1, 0.15) is 52.9 Å². The monoisotopic (exact) mass is 369 g/mol. The van der Waals surface area contributed by atoms with Gasteiger partial charge in [-0.1, -0.05) is 0 Å². The number of hydrogen-bond acceptors (Lipinski definition) is 6. The molecule has 2 fully saturated rings. The van der Waals surface area contributed by atoms with Gasteiger partial charge in [0.15, 0.2) is 0 Å². The fourth-order valence-electron chi connectivity index (χ4n) is 2.84. The number of carbonyl (C=O) groups excluding carboxylic acids is 3. The number of esters is 1. The summed E-state index contributed by atoms with van der Waals surface area (Å²) in [4.78, 5) is 39.5. The third-order valence-electron chi connectivity index (χ3n) is 4.57. The molecule has 1 unspecified atom stereocenters. The molecule has 2 N–H and O–H groups in total. The summed E-state index contributed by atoms with van der Waals surface area (Å²) in [6, 6.07) is -0.740. The number of ether oxygens (including phenoxy) is 2. The first kappa shape index (κ1) is 20.5. The van der Waals surface area contributed by atoms with Gasteiger partial charge in [-0.15, -0.1) is 0 Å². The maximum absolute atomic E-state index is 12.4. The van der Waals surface area contributed by atoms with E-state index >= 15 is 0 Å². The van der Waals surface area contributed by atoms with Gasteiger partial charge in [-0.2, -0.15) is 0 Å². The fraction of sp³-hybridized carbons (Fsp3) is 0.833. The topological polar surface area (TPSA) is 102 Å². The molecule has 2 aliphatic rings. The minimum Gasteiger partial charge on any atom is -0.460 e. The molecule has 0 radical (unpaired) electrons. The highest BCUT2D eigenvalue weighted by molar-refractivity contribution is 5.82. The third kappa shape index (κ3) is 6.16. The van der Waals surface area contributed by atoms with Gasteiger partial charge in [0.25, 0.3) is 0 Å². The third-order valence-corrected chi connectivity index (χ3v) is 4.57. The molecular formula is C18H31N3O5. The van der Waals surface area contributed by atoms with E-state index in [4.69, 9.17) is 15.2 Å². The summed E-state index contributed by atoms with van der Waals surface area (Å²) in [5.74, 6) is -0.551. The van der Waals surface area contributed by atoms with E-state index in [0.717, 1.165) is 19.3 Å². The molecule has 1 heterocycles. The number of amides is 2. The molecule has 1 atom stereocenters. The van der Waals surface area contributed by atoms with Gasteiger partial charge in [0.2, 0.25) is 5.91 Å². The first-order valence-electron chi connectivity index (χ1n) is 9.37. The second-order valence-electron chi connectivity index (χ2n) is 7.98. The zero-order valence-electron chi connectivity index (χ0n) is 16.0. The molecule has 2 amide bonds. The van der Waals surface area contributed by atoms with E-state index in [2.05, 4.69) is 0 Å². The SMILES string of the molecule is CC(C)(C)OC(=O)CCC(N)C(=O)N1CCN(C(=O)OC2CCC2)CC1. The standard InChI is InChI=1S/C18H31N3O5/c1-18(2,3)26-15(22)8-7-14(19)16(23)20-9-11-21(12-10-20)17(24)25-13-5-4-6-13/h13-14H,4-12,19H2,1-3H3. The van der Waals surface area contributed by atoms with Crippen molar-refractivity contribution in [3.63, 3.8) is 0 Å². The predicted molar refractivity (Wildman–Crippen MR) is 95.3 cm³/mol. The molecule has 0 spiro atoms. The summed E-state index contributed by atoms with van der Waals surface area (Å²) in [5, 5.41) is 0. The van der Waals surface area contributed by atoms with Crippen LogP contribution in [-0.2, 0) is 19.1 Å². The van der Waals surface area contributed by atoms with Gasteiger partial charge in [0.05, 0.1) is 6.04 Å². The minimum atomic E-state index is -0.740. The van der Waals surface area contributed by atoms with E-state index in [9.17, 15) is 14.4 Å². The predicted octanol–water partition coefficient (Wildman–Crippen LogP) is 1.27. The molecule has 1 saturated carbocycles. The van der Waals surface area contributed by atoms with Crippen LogP contribution in [0.2, 0.25) is 0 Å². The van der Waals surface area contributed by atoms with Crippen molar-refractivity contribution < 1.29 is 23.9 Å². The van der Waals surface area contributed by atoms with E-state index < -0.39 is 11.6 Å². The van der Waals surface area contributed by atoms with Gasteiger partial charge in [0, 0.05) is 32.6 Å². The summed E-state index contributed by atoms with van der Waals surface area (Å²) >= 11 is 0. The van der Waals surface area contributed by atoms with Crippen molar-refractivity contribution in [2.24, 2.45) is 5.73 Å². The van der Waals surface area contributed by atoms with E-state index in [0.29, 0.717) is 26.2 Å². The number of nitrogens with zero attached hydrogens (tertiary/aromatic N) is 2. The lowest BCUT2D eigenvalue weighted by molar-refractivity contribution is -0.155. The highest BCUT2D eigenvalue weighted by atomic mass is 16.6. The summed E-state index contributed by atoms with van der Waals surface area (Å²) in [6.07, 6.45) is 3.11. The lowest BCUT2D eigenvalue weighted by Gasteiger charge is -2.36. The molecule has 8 heteroatoms. The van der Waals surface area contributed by atoms with Crippen molar-refractivity contribution in [3.05, 3.63) is 0 Å². The maximum Gasteiger partial charge on any atom is 0.410 e. The van der Waals surface area contributed by atoms with E-state index in [-0.39, 0.29) is 36.9 Å². The van der Waals surface area contributed by atoms with Crippen molar-refractivity contribution in [2.75, 3.05) is 26.2 Å². The second kappa shape index (κ2) is 8.70. The summed E-state index contributed by atoms with van der Waals surface area (Å²) in [6.45, 7) is 7.13. The summed E-state index contributed by atoms with van der Waals surface area (Å²) in [5.41, 5.74) is 5.40. The number of piperazine rings is 1. The van der Waals surface area contributed by atoms with Gasteiger partial charge in [-0.05, 0) is 46.5 Å². The first-order valence-corrected chi connectivity index (χ1v) is 9.37. The lowest BCUT2D eigenvalue weighted by atomic mass is 9.96. The van der Waals surface area contributed by atoms with Crippen molar-refractivity contribution in [1.82, 2.24) is 9.80 Å². The van der Waals surface area contributed by atoms with Gasteiger partial charge in [-0.3, -0.25) is 9.59 Å². The number of carbonyl (C=O) groups is 3. The Morgan fingerprint density at radius 3 is 2.15 bits per heavy atom. The number of nitrogens with two attached hydrogens (primary N) is 1. The average molecular weight is 369 g/mol. The van der Waals surface area contributed by atoms with Crippen molar-refractivity contribution >= 4 is 18.0 Å². The number of hydrogen-bond donors (Lipinski definition) is 1. The molecule has 26 heavy (non-hydrogen) atoms. The first-order chi connectivity index (χ1) is 12.2. The Kier molecular flexibility index (Phi) is 6.86. The van der Waals surface area contributed by atoms with E-state index in [1.165, 1.54) is 0 Å². The van der Waals surface area contributed by atoms with Crippen LogP contribution in [0.25, 0.3) is 0 Å². The quantitative estimate of drug-likeness (QED) is 0.732. The zero-order valence-corrected chi connectivity index (χ0v) is 16.0. The van der Waals surface area contributed by atoms with Crippen molar-refractivity contribution in [2.45, 2.75) is 70.6 Å². The van der Waals surface area contributed by atoms with E-state index in [1.807, 2.05) is 0 Å². The molecule has 8 nitrogen and oxygen atoms in total. The molecule has 1 aliphatic carbocycles. The molecule has 0 bridgehead atoms. The van der Waals surface area contributed by atoms with Gasteiger partial charge >= 0.3 is 12.1 Å². The second-order valence-corrected chi connectivity index (χ2v) is 7.98. The van der Waals surface area contributed by atoms with Crippen LogP contribution in [0.4, 0.5) is 4.79 Å². The molecule has 0 aromatic carbocycles. The number of rotatable bonds is 5. The van der Waals surface area contributed by atoms with Crippen LogP contribution in [0.3, 0.4) is 0 Å². The Balaban J connectivity index is 1.69. The van der Waals surface area contributed by atoms with Crippen LogP contribution in [0, 0.1) is 0 Å². The normalized spacial score (nSPS) is 19.5. The largest absolute Gasteiger partial charge is 0.460 e. The van der Waals surface area contributed by atoms with E-state index in [1.54, 1.807) is 30.6 Å². The Labute approximate surface area is 155 Å². The maximum atomic E-state index is 12.4. The van der Waals surface area contributed by atoms with Crippen LogP contribution >= 0.6 is 0 Å². The Hall–Kier alpha value is -1.83. The van der Waals surface area contributed by atoms with Crippen molar-refractivity contribution in [1.29, 1.82) is 0 Å². The molecule has 2 rings (SSSR count). The molecule has 1 aliphatic heterocycles. The summed E-state index contributed by atoms with van der Waals surface area (Å²) < 4.78 is 10.6. The van der Waals surface area contributed by atoms with Gasteiger partial charge in [0.1, 0.15) is 11.7 Å². The van der Waals surface area contributed by atoms with Gasteiger partial charge < -0.3 is 25.0 Å². The Bertz CT molecular complexity index is 519. The molecule has 0 aromatic rings. The van der Waals surface area contributed by atoms with Crippen LogP contribution in [0.15, 0.2) is 0 Å². The molecule has 1 saturated heterocycles. The lowest BCUT2D eigenvalue weighted by Crippen LogP contribution is -2.54. The van der Waals surface area contributed by atoms with Gasteiger partial charge in [-0.25, -0.2) is 4.79 Å². The summed E-state index contributed by atoms with van der Waals surface area (Å²) in [7, 11) is 0. The smallest absolute Gasteiger partial charge is 0.410 e. The highest BCUT2D eigenvalue weighted by Gasteiger charge is 2.30. The van der Waals surface area contributed by atoms with Crippen LogP contribution < -0.4 is 5.73 Å². The highest BCUT2D eigenvalue weighted by Crippen LogP contribution is 2.23. The van der Waals surface area contributed by atoms with Crippen LogP contribution in [-0.4, -0.2) is 71.7 Å². The van der Waals surface area contributed by atoms with Crippen molar-refractivity contribution in [3.8, 4) is 0 Å². The Morgan fingerprint density at radius 1 is 1.08 bits per heavy atom. The minimum absolute atomic E-state index is 0.0587. The van der Waals surface area contributed by atoms with Crippen LogP contribution in [0.5, 0.6) is 0 Å². The Morgan fingerprint density at radius 2 is 1.65 bits per heavy atom. The fourth-order valence-corrected chi connectivity index (χ4v) is 2.84. The zero-order chi connectivity index (χ0) is 19.3. The molecule has 148 valence electrons. The molecule has 0 aromatic heterocycles. The molecular weight excluding hydrogens is 338 g/mol.